The molecule has 0 atom stereocenters. The van der Waals surface area contributed by atoms with Gasteiger partial charge < -0.3 is 4.74 Å². The molecule has 1 fully saturated rings. The second-order valence-corrected chi connectivity index (χ2v) is 5.63. The Morgan fingerprint density at radius 1 is 1.00 bits per heavy atom. The average molecular weight is 285 g/mol. The summed E-state index contributed by atoms with van der Waals surface area (Å²) in [7, 11) is 0. The summed E-state index contributed by atoms with van der Waals surface area (Å²) in [5.41, 5.74) is 0. The van der Waals surface area contributed by atoms with Crippen LogP contribution in [0.25, 0.3) is 0 Å². The Morgan fingerprint density at radius 2 is 1.53 bits per heavy atom. The van der Waals surface area contributed by atoms with Crippen LogP contribution in [0.2, 0.25) is 0 Å². The molecule has 110 valence electrons. The van der Waals surface area contributed by atoms with Gasteiger partial charge in [0.1, 0.15) is 0 Å². The van der Waals surface area contributed by atoms with Crippen molar-refractivity contribution in [3.05, 3.63) is 0 Å². The molecule has 1 rings (SSSR count). The van der Waals surface area contributed by atoms with Crippen molar-refractivity contribution in [3.8, 4) is 0 Å². The minimum Gasteiger partial charge on any atom is -0.460 e. The van der Waals surface area contributed by atoms with Gasteiger partial charge in [0, 0.05) is 6.54 Å². The molecule has 1 amide bonds. The third-order valence-corrected chi connectivity index (χ3v) is 3.91. The van der Waals surface area contributed by atoms with Crippen molar-refractivity contribution in [1.29, 1.82) is 0 Å². The van der Waals surface area contributed by atoms with Gasteiger partial charge in [-0.15, -0.1) is 0 Å². The maximum absolute atomic E-state index is 11.4. The summed E-state index contributed by atoms with van der Waals surface area (Å²) in [6, 6.07) is 0. The molecule has 4 heteroatoms. The van der Waals surface area contributed by atoms with E-state index in [4.69, 9.17) is 17.0 Å². The number of unbranched alkanes of at least 4 members (excludes halogenated alkanes) is 9. The molecule has 1 heterocycles. The van der Waals surface area contributed by atoms with Gasteiger partial charge in [0.05, 0.1) is 0 Å². The summed E-state index contributed by atoms with van der Waals surface area (Å²) >= 11 is 4.97. The molecule has 0 radical (unpaired) electrons. The number of amides is 1. The summed E-state index contributed by atoms with van der Waals surface area (Å²) in [6.45, 7) is 3.12. The molecule has 0 bridgehead atoms. The van der Waals surface area contributed by atoms with E-state index in [0.29, 0.717) is 5.17 Å². The second-order valence-electron chi connectivity index (χ2n) is 5.28. The number of hydrogen-bond acceptors (Lipinski definition) is 3. The molecular weight excluding hydrogens is 258 g/mol. The molecule has 3 nitrogen and oxygen atoms in total. The van der Waals surface area contributed by atoms with Gasteiger partial charge in [-0.3, -0.25) is 9.69 Å². The van der Waals surface area contributed by atoms with E-state index in [1.54, 1.807) is 4.90 Å². The summed E-state index contributed by atoms with van der Waals surface area (Å²) in [5.74, 6) is 0.0147. The molecule has 0 aliphatic carbocycles. The zero-order valence-electron chi connectivity index (χ0n) is 12.2. The van der Waals surface area contributed by atoms with E-state index in [0.717, 1.165) is 13.0 Å². The van der Waals surface area contributed by atoms with Gasteiger partial charge in [-0.25, -0.2) is 0 Å². The lowest BCUT2D eigenvalue weighted by Gasteiger charge is -2.12. The molecule has 1 aliphatic rings. The van der Waals surface area contributed by atoms with Crippen molar-refractivity contribution < 1.29 is 9.53 Å². The van der Waals surface area contributed by atoms with Crippen molar-refractivity contribution in [1.82, 2.24) is 4.90 Å². The lowest BCUT2D eigenvalue weighted by atomic mass is 10.1. The molecule has 1 aliphatic heterocycles. The van der Waals surface area contributed by atoms with Crippen LogP contribution in [0.3, 0.4) is 0 Å². The van der Waals surface area contributed by atoms with Crippen LogP contribution in [-0.2, 0) is 9.53 Å². The molecule has 0 aromatic rings. The van der Waals surface area contributed by atoms with E-state index in [1.807, 2.05) is 0 Å². The molecular formula is C15H27NO2S. The fourth-order valence-corrected chi connectivity index (χ4v) is 2.61. The first-order valence-electron chi connectivity index (χ1n) is 7.73. The normalized spacial score (nSPS) is 15.1. The first kappa shape index (κ1) is 16.4. The zero-order valence-corrected chi connectivity index (χ0v) is 13.0. The van der Waals surface area contributed by atoms with Crippen LogP contribution in [0.15, 0.2) is 0 Å². The van der Waals surface area contributed by atoms with Gasteiger partial charge in [-0.1, -0.05) is 64.7 Å². The third-order valence-electron chi connectivity index (χ3n) is 3.58. The Bertz CT molecular complexity index is 265. The molecule has 0 N–H and O–H groups in total. The Labute approximate surface area is 122 Å². The quantitative estimate of drug-likeness (QED) is 0.424. The lowest BCUT2D eigenvalue weighted by Crippen LogP contribution is -2.29. The van der Waals surface area contributed by atoms with Crippen LogP contribution >= 0.6 is 12.2 Å². The highest BCUT2D eigenvalue weighted by Gasteiger charge is 2.26. The van der Waals surface area contributed by atoms with E-state index < -0.39 is 0 Å². The van der Waals surface area contributed by atoms with Gasteiger partial charge >= 0.3 is 0 Å². The summed E-state index contributed by atoms with van der Waals surface area (Å²) < 4.78 is 5.03. The molecule has 0 unspecified atom stereocenters. The third kappa shape index (κ3) is 6.90. The van der Waals surface area contributed by atoms with Gasteiger partial charge in [0.25, 0.3) is 11.1 Å². The van der Waals surface area contributed by atoms with Crippen molar-refractivity contribution in [2.24, 2.45) is 0 Å². The molecule has 0 aromatic heterocycles. The fourth-order valence-electron chi connectivity index (χ4n) is 2.35. The summed E-state index contributed by atoms with van der Waals surface area (Å²) in [6.07, 6.45) is 13.0. The Hall–Kier alpha value is -0.640. The number of carbonyl (C=O) groups excluding carboxylic acids is 1. The standard InChI is InChI=1S/C15H27NO2S/c1-2-3-4-5-6-7-8-9-10-11-12-16-14(17)13-18-15(16)19/h2-13H2,1H3. The molecule has 0 saturated carbocycles. The van der Waals surface area contributed by atoms with Gasteiger partial charge in [0.2, 0.25) is 0 Å². The van der Waals surface area contributed by atoms with E-state index in [2.05, 4.69) is 6.92 Å². The number of hydrogen-bond donors (Lipinski definition) is 0. The Balaban J connectivity index is 1.86. The smallest absolute Gasteiger partial charge is 0.267 e. The fraction of sp³-hybridized carbons (Fsp3) is 0.867. The first-order chi connectivity index (χ1) is 9.25. The highest BCUT2D eigenvalue weighted by atomic mass is 32.1. The van der Waals surface area contributed by atoms with Crippen molar-refractivity contribution >= 4 is 23.3 Å². The molecule has 19 heavy (non-hydrogen) atoms. The maximum atomic E-state index is 11.4. The van der Waals surface area contributed by atoms with Crippen LogP contribution in [-0.4, -0.2) is 29.1 Å². The van der Waals surface area contributed by atoms with Gasteiger partial charge in [-0.2, -0.15) is 0 Å². The van der Waals surface area contributed by atoms with Crippen molar-refractivity contribution in [2.75, 3.05) is 13.2 Å². The van der Waals surface area contributed by atoms with E-state index in [1.165, 1.54) is 57.8 Å². The molecule has 0 spiro atoms. The highest BCUT2D eigenvalue weighted by molar-refractivity contribution is 7.80. The summed E-state index contributed by atoms with van der Waals surface area (Å²) in [5, 5.41) is 0.362. The molecule has 1 saturated heterocycles. The monoisotopic (exact) mass is 285 g/mol. The number of carbonyl (C=O) groups is 1. The average Bonchev–Trinajstić information content (AvgIpc) is 2.72. The predicted molar refractivity (Wildman–Crippen MR) is 82.1 cm³/mol. The molecule has 0 aromatic carbocycles. The largest absolute Gasteiger partial charge is 0.460 e. The number of thiocarbonyl (C=S) groups is 1. The Kier molecular flexibility index (Phi) is 8.80. The van der Waals surface area contributed by atoms with Crippen LogP contribution < -0.4 is 0 Å². The van der Waals surface area contributed by atoms with Crippen molar-refractivity contribution in [2.45, 2.75) is 71.1 Å². The van der Waals surface area contributed by atoms with Crippen LogP contribution in [0, 0.1) is 0 Å². The Morgan fingerprint density at radius 3 is 2.00 bits per heavy atom. The highest BCUT2D eigenvalue weighted by Crippen LogP contribution is 2.12. The number of nitrogens with zero attached hydrogens (tertiary/aromatic N) is 1. The maximum Gasteiger partial charge on any atom is 0.267 e. The minimum absolute atomic E-state index is 0.0147. The van der Waals surface area contributed by atoms with Crippen molar-refractivity contribution in [3.63, 3.8) is 0 Å². The minimum atomic E-state index is 0.0147. The van der Waals surface area contributed by atoms with E-state index >= 15 is 0 Å². The zero-order chi connectivity index (χ0) is 13.9. The van der Waals surface area contributed by atoms with Crippen LogP contribution in [0.5, 0.6) is 0 Å². The summed E-state index contributed by atoms with van der Waals surface area (Å²) in [4.78, 5) is 13.0. The van der Waals surface area contributed by atoms with E-state index in [-0.39, 0.29) is 12.5 Å². The topological polar surface area (TPSA) is 29.5 Å². The number of rotatable bonds is 11. The predicted octanol–water partition coefficient (Wildman–Crippen LogP) is 4.05. The number of ether oxygens (including phenoxy) is 1. The first-order valence-corrected chi connectivity index (χ1v) is 8.13. The van der Waals surface area contributed by atoms with E-state index in [9.17, 15) is 4.79 Å². The second kappa shape index (κ2) is 10.2. The van der Waals surface area contributed by atoms with Crippen LogP contribution in [0.4, 0.5) is 0 Å². The lowest BCUT2D eigenvalue weighted by molar-refractivity contribution is -0.125. The SMILES string of the molecule is CCCCCCCCCCCCN1C(=O)COC1=S. The van der Waals surface area contributed by atoms with Gasteiger partial charge in [0.15, 0.2) is 6.61 Å². The van der Waals surface area contributed by atoms with Gasteiger partial charge in [-0.05, 0) is 18.6 Å². The van der Waals surface area contributed by atoms with Crippen LogP contribution in [0.1, 0.15) is 71.1 Å².